The van der Waals surface area contributed by atoms with Gasteiger partial charge in [0.15, 0.2) is 0 Å². The lowest BCUT2D eigenvalue weighted by Gasteiger charge is -2.33. The number of hydrogen-bond donors (Lipinski definition) is 1. The van der Waals surface area contributed by atoms with Crippen molar-refractivity contribution in [2.45, 2.75) is 70.7 Å². The van der Waals surface area contributed by atoms with E-state index in [-0.39, 0.29) is 18.1 Å². The van der Waals surface area contributed by atoms with Gasteiger partial charge in [0.2, 0.25) is 0 Å². The average molecular weight is 676 g/mol. The monoisotopic (exact) mass is 675 g/mol. The van der Waals surface area contributed by atoms with E-state index in [1.807, 2.05) is 68.7 Å². The fraction of sp³-hybridized carbons (Fsp3) is 0.371. The van der Waals surface area contributed by atoms with Crippen LogP contribution in [0.2, 0.25) is 5.02 Å². The number of nitrogens with two attached hydrogens (primary N) is 1. The van der Waals surface area contributed by atoms with E-state index in [0.29, 0.717) is 52.9 Å². The van der Waals surface area contributed by atoms with E-state index >= 15 is 0 Å². The third-order valence-electron chi connectivity index (χ3n) is 8.19. The van der Waals surface area contributed by atoms with Crippen molar-refractivity contribution in [1.29, 1.82) is 0 Å². The molecule has 1 aliphatic carbocycles. The number of benzene rings is 1. The number of piperidine rings is 1. The van der Waals surface area contributed by atoms with E-state index < -0.39 is 17.6 Å². The zero-order valence-corrected chi connectivity index (χ0v) is 28.4. The number of likely N-dealkylation sites (tertiary alicyclic amines) is 1. The van der Waals surface area contributed by atoms with Crippen LogP contribution in [0.3, 0.4) is 0 Å². The molecule has 0 radical (unpaired) electrons. The highest BCUT2D eigenvalue weighted by Crippen LogP contribution is 2.40. The first kappa shape index (κ1) is 32.6. The van der Waals surface area contributed by atoms with Crippen molar-refractivity contribution in [3.05, 3.63) is 93.6 Å². The molecule has 3 aromatic heterocycles. The molecule has 0 bridgehead atoms. The maximum Gasteiger partial charge on any atom is 0.410 e. The highest BCUT2D eigenvalue weighted by molar-refractivity contribution is 7.16. The number of nitrogens with zero attached hydrogens (tertiary/aromatic N) is 4. The molecule has 246 valence electrons. The van der Waals surface area contributed by atoms with E-state index in [9.17, 15) is 9.59 Å². The Morgan fingerprint density at radius 3 is 2.55 bits per heavy atom. The van der Waals surface area contributed by atoms with Gasteiger partial charge in [0.25, 0.3) is 5.91 Å². The van der Waals surface area contributed by atoms with E-state index in [1.165, 1.54) is 16.9 Å². The van der Waals surface area contributed by atoms with Gasteiger partial charge in [-0.15, -0.1) is 11.3 Å². The Balaban J connectivity index is 1.15. The number of amides is 2. The third-order valence-corrected chi connectivity index (χ3v) is 9.72. The minimum atomic E-state index is -0.577. The van der Waals surface area contributed by atoms with Crippen molar-refractivity contribution < 1.29 is 23.8 Å². The van der Waals surface area contributed by atoms with Gasteiger partial charge in [-0.05, 0) is 57.5 Å². The smallest absolute Gasteiger partial charge is 0.410 e. The second-order valence-electron chi connectivity index (χ2n) is 12.7. The lowest BCUT2D eigenvalue weighted by atomic mass is 9.90. The quantitative estimate of drug-likeness (QED) is 0.207. The molecule has 1 unspecified atom stereocenters. The van der Waals surface area contributed by atoms with E-state index in [0.717, 1.165) is 22.8 Å². The number of primary amides is 1. The van der Waals surface area contributed by atoms with Crippen LogP contribution in [0.5, 0.6) is 11.5 Å². The number of hydrogen-bond acceptors (Lipinski definition) is 8. The predicted octanol–water partition coefficient (Wildman–Crippen LogP) is 7.35. The van der Waals surface area contributed by atoms with E-state index in [4.69, 9.17) is 31.5 Å². The zero-order valence-electron chi connectivity index (χ0n) is 26.8. The number of thiophene rings is 1. The van der Waals surface area contributed by atoms with Crippen molar-refractivity contribution in [3.63, 3.8) is 0 Å². The first-order valence-corrected chi connectivity index (χ1v) is 16.8. The molecule has 0 spiro atoms. The molecule has 0 saturated carbocycles. The van der Waals surface area contributed by atoms with Crippen molar-refractivity contribution in [2.75, 3.05) is 13.1 Å². The van der Waals surface area contributed by atoms with Gasteiger partial charge < -0.3 is 24.8 Å². The fourth-order valence-electron chi connectivity index (χ4n) is 5.82. The number of imidazole rings is 1. The number of aromatic nitrogens is 3. The summed E-state index contributed by atoms with van der Waals surface area (Å²) in [6, 6.07) is 11.4. The zero-order chi connectivity index (χ0) is 33.3. The number of pyridine rings is 1. The molecule has 2 atom stereocenters. The predicted molar refractivity (Wildman–Crippen MR) is 182 cm³/mol. The van der Waals surface area contributed by atoms with Crippen LogP contribution in [0.1, 0.15) is 84.7 Å². The molecule has 1 aliphatic heterocycles. The SMILES string of the molecule is C[C@@H](Oc1cc(-n2cnc3c2C=CC(c2ccncc2)C3)sc1C(N)=O)c1cccc(OC2CCN(C(=O)OC(C)(C)C)CC2)c1Cl. The molecule has 10 nitrogen and oxygen atoms in total. The first-order valence-electron chi connectivity index (χ1n) is 15.6. The largest absolute Gasteiger partial charge is 0.489 e. The Morgan fingerprint density at radius 1 is 1.11 bits per heavy atom. The summed E-state index contributed by atoms with van der Waals surface area (Å²) in [5.74, 6) is 0.552. The van der Waals surface area contributed by atoms with Crippen LogP contribution < -0.4 is 15.2 Å². The molecular formula is C35H38ClN5O5S. The summed E-state index contributed by atoms with van der Waals surface area (Å²) < 4.78 is 20.1. The van der Waals surface area contributed by atoms with Gasteiger partial charge in [-0.3, -0.25) is 14.3 Å². The Hall–Kier alpha value is -4.35. The maximum absolute atomic E-state index is 12.5. The summed E-state index contributed by atoms with van der Waals surface area (Å²) in [6.45, 7) is 8.51. The Labute approximate surface area is 283 Å². The number of carbonyl (C=O) groups excluding carboxylic acids is 2. The van der Waals surface area contributed by atoms with E-state index in [2.05, 4.69) is 22.1 Å². The van der Waals surface area contributed by atoms with Crippen molar-refractivity contribution in [3.8, 4) is 16.5 Å². The normalized spacial score (nSPS) is 17.2. The standard InChI is InChI=1S/C35H38ClN5O5S/c1-21(25-6-5-7-28(31(25)36)45-24-12-16-40(17-13-24)34(43)46-35(2,3)4)44-29-19-30(47-32(29)33(37)42)41-20-39-26-18-23(8-9-27(26)41)22-10-14-38-15-11-22/h5-11,14-15,19-21,23-24H,12-13,16-18H2,1-4H3,(H2,37,42)/t21-,23?/m1/s1. The summed E-state index contributed by atoms with van der Waals surface area (Å²) in [5, 5.41) is 1.20. The molecule has 1 saturated heterocycles. The number of ether oxygens (including phenoxy) is 3. The van der Waals surface area contributed by atoms with Crippen LogP contribution in [-0.4, -0.2) is 56.2 Å². The number of fused-ring (bicyclic) bond motifs is 1. The summed E-state index contributed by atoms with van der Waals surface area (Å²) in [6.07, 6.45) is 10.7. The molecule has 12 heteroatoms. The van der Waals surface area contributed by atoms with Crippen molar-refractivity contribution in [2.24, 2.45) is 5.73 Å². The second kappa shape index (κ2) is 13.4. The number of carbonyl (C=O) groups is 2. The number of rotatable bonds is 8. The Bertz CT molecular complexity index is 1790. The van der Waals surface area contributed by atoms with Crippen molar-refractivity contribution in [1.82, 2.24) is 19.4 Å². The number of allylic oxidation sites excluding steroid dienone is 1. The van der Waals surface area contributed by atoms with Crippen LogP contribution in [-0.2, 0) is 11.2 Å². The molecule has 4 aromatic rings. The molecule has 1 aromatic carbocycles. The lowest BCUT2D eigenvalue weighted by Crippen LogP contribution is -2.44. The van der Waals surface area contributed by atoms with Crippen LogP contribution in [0, 0.1) is 0 Å². The summed E-state index contributed by atoms with van der Waals surface area (Å²) in [5.41, 5.74) is 9.08. The Kier molecular flexibility index (Phi) is 9.29. The highest BCUT2D eigenvalue weighted by Gasteiger charge is 2.29. The maximum atomic E-state index is 12.5. The second-order valence-corrected chi connectivity index (χ2v) is 14.2. The van der Waals surface area contributed by atoms with Gasteiger partial charge in [-0.2, -0.15) is 0 Å². The van der Waals surface area contributed by atoms with Crippen LogP contribution >= 0.6 is 22.9 Å². The molecule has 2 aliphatic rings. The van der Waals surface area contributed by atoms with Gasteiger partial charge in [0.05, 0.1) is 16.4 Å². The molecular weight excluding hydrogens is 638 g/mol. The lowest BCUT2D eigenvalue weighted by molar-refractivity contribution is 0.0126. The topological polar surface area (TPSA) is 122 Å². The van der Waals surface area contributed by atoms with Crippen LogP contribution in [0.25, 0.3) is 11.1 Å². The molecule has 47 heavy (non-hydrogen) atoms. The van der Waals surface area contributed by atoms with Crippen molar-refractivity contribution >= 4 is 41.0 Å². The van der Waals surface area contributed by atoms with E-state index in [1.54, 1.807) is 23.6 Å². The van der Waals surface area contributed by atoms with Gasteiger partial charge in [0.1, 0.15) is 45.5 Å². The molecule has 6 rings (SSSR count). The molecule has 2 N–H and O–H groups in total. The van der Waals surface area contributed by atoms with Gasteiger partial charge >= 0.3 is 6.09 Å². The highest BCUT2D eigenvalue weighted by atomic mass is 35.5. The number of halogens is 1. The first-order chi connectivity index (χ1) is 22.5. The third kappa shape index (κ3) is 7.31. The Morgan fingerprint density at radius 2 is 1.85 bits per heavy atom. The van der Waals surface area contributed by atoms with Crippen LogP contribution in [0.4, 0.5) is 4.79 Å². The van der Waals surface area contributed by atoms with Crippen LogP contribution in [0.15, 0.2) is 61.2 Å². The molecule has 1 fully saturated rings. The minimum absolute atomic E-state index is 0.103. The minimum Gasteiger partial charge on any atom is -0.489 e. The average Bonchev–Trinajstić information content (AvgIpc) is 3.66. The summed E-state index contributed by atoms with van der Waals surface area (Å²) in [4.78, 5) is 35.8. The van der Waals surface area contributed by atoms with Gasteiger partial charge in [-0.1, -0.05) is 29.8 Å². The van der Waals surface area contributed by atoms with Gasteiger partial charge in [-0.25, -0.2) is 9.78 Å². The summed E-state index contributed by atoms with van der Waals surface area (Å²) >= 11 is 8.12. The molecule has 4 heterocycles. The van der Waals surface area contributed by atoms with Gasteiger partial charge in [0, 0.05) is 62.3 Å². The summed E-state index contributed by atoms with van der Waals surface area (Å²) in [7, 11) is 0. The molecule has 2 amide bonds. The fourth-order valence-corrected chi connectivity index (χ4v) is 7.07.